The van der Waals surface area contributed by atoms with E-state index >= 15 is 0 Å². The number of nitrogens with zero attached hydrogens (tertiary/aromatic N) is 1. The molecule has 0 unspecified atom stereocenters. The molecule has 0 aromatic heterocycles. The Bertz CT molecular complexity index is 666. The van der Waals surface area contributed by atoms with Crippen LogP contribution in [0.25, 0.3) is 0 Å². The second-order valence-electron chi connectivity index (χ2n) is 5.65. The van der Waals surface area contributed by atoms with Crippen LogP contribution in [0.1, 0.15) is 18.1 Å². The number of amides is 1. The number of carbonyl (C=O) groups excluding carboxylic acids is 1. The van der Waals surface area contributed by atoms with Crippen molar-refractivity contribution in [3.05, 3.63) is 59.7 Å². The van der Waals surface area contributed by atoms with Crippen LogP contribution in [-0.4, -0.2) is 12.5 Å². The lowest BCUT2D eigenvalue weighted by molar-refractivity contribution is -0.121. The Labute approximate surface area is 125 Å². The monoisotopic (exact) mass is 280 g/mol. The predicted octanol–water partition coefficient (Wildman–Crippen LogP) is 3.59. The number of hydrogen-bond donors (Lipinski definition) is 1. The van der Waals surface area contributed by atoms with Gasteiger partial charge in [0.05, 0.1) is 23.8 Å². The molecule has 3 rings (SSSR count). The van der Waals surface area contributed by atoms with Gasteiger partial charge in [0.2, 0.25) is 5.91 Å². The second-order valence-corrected chi connectivity index (χ2v) is 5.65. The lowest BCUT2D eigenvalue weighted by Gasteiger charge is -2.25. The maximum absolute atomic E-state index is 12.7. The average molecular weight is 280 g/mol. The SMILES string of the molecule is Cc1ccccc1CN1C(=O)[C@@H](C)CNc2ccccc21. The summed E-state index contributed by atoms with van der Waals surface area (Å²) in [6.07, 6.45) is 0. The van der Waals surface area contributed by atoms with E-state index in [2.05, 4.69) is 24.4 Å². The van der Waals surface area contributed by atoms with Crippen LogP contribution < -0.4 is 10.2 Å². The zero-order valence-electron chi connectivity index (χ0n) is 12.5. The minimum atomic E-state index is -0.0265. The quantitative estimate of drug-likeness (QED) is 0.911. The summed E-state index contributed by atoms with van der Waals surface area (Å²) in [5.41, 5.74) is 4.40. The summed E-state index contributed by atoms with van der Waals surface area (Å²) >= 11 is 0. The standard InChI is InChI=1S/C18H20N2O/c1-13-7-3-4-8-15(13)12-20-17-10-6-5-9-16(17)19-11-14(2)18(20)21/h3-10,14,19H,11-12H2,1-2H3/t14-/m0/s1. The predicted molar refractivity (Wildman–Crippen MR) is 86.5 cm³/mol. The Kier molecular flexibility index (Phi) is 3.65. The maximum Gasteiger partial charge on any atom is 0.231 e. The van der Waals surface area contributed by atoms with E-state index in [1.165, 1.54) is 11.1 Å². The normalized spacial score (nSPS) is 17.9. The molecule has 0 saturated carbocycles. The van der Waals surface area contributed by atoms with Gasteiger partial charge in [0.15, 0.2) is 0 Å². The van der Waals surface area contributed by atoms with Gasteiger partial charge in [0.25, 0.3) is 0 Å². The first-order valence-corrected chi connectivity index (χ1v) is 7.35. The fourth-order valence-electron chi connectivity index (χ4n) is 2.71. The summed E-state index contributed by atoms with van der Waals surface area (Å²) in [5, 5.41) is 3.37. The summed E-state index contributed by atoms with van der Waals surface area (Å²) in [4.78, 5) is 14.6. The van der Waals surface area contributed by atoms with Gasteiger partial charge >= 0.3 is 0 Å². The van der Waals surface area contributed by atoms with Crippen molar-refractivity contribution in [2.45, 2.75) is 20.4 Å². The van der Waals surface area contributed by atoms with Crippen molar-refractivity contribution < 1.29 is 4.79 Å². The van der Waals surface area contributed by atoms with E-state index in [0.29, 0.717) is 13.1 Å². The first-order chi connectivity index (χ1) is 10.2. The Morgan fingerprint density at radius 1 is 1.14 bits per heavy atom. The molecule has 3 nitrogen and oxygen atoms in total. The van der Waals surface area contributed by atoms with Gasteiger partial charge in [-0.25, -0.2) is 0 Å². The molecule has 1 aliphatic rings. The summed E-state index contributed by atoms with van der Waals surface area (Å²) in [5.74, 6) is 0.150. The highest BCUT2D eigenvalue weighted by molar-refractivity contribution is 5.99. The summed E-state index contributed by atoms with van der Waals surface area (Å²) < 4.78 is 0. The van der Waals surface area contributed by atoms with Gasteiger partial charge in [-0.2, -0.15) is 0 Å². The molecule has 2 aromatic carbocycles. The summed E-state index contributed by atoms with van der Waals surface area (Å²) in [6.45, 7) is 5.37. The van der Waals surface area contributed by atoms with Crippen molar-refractivity contribution in [2.75, 3.05) is 16.8 Å². The lowest BCUT2D eigenvalue weighted by atomic mass is 10.1. The van der Waals surface area contributed by atoms with Crippen LogP contribution in [0.5, 0.6) is 0 Å². The van der Waals surface area contributed by atoms with Gasteiger partial charge in [-0.15, -0.1) is 0 Å². The molecule has 1 atom stereocenters. The third-order valence-electron chi connectivity index (χ3n) is 4.07. The van der Waals surface area contributed by atoms with Crippen molar-refractivity contribution in [1.29, 1.82) is 0 Å². The second kappa shape index (κ2) is 5.60. The average Bonchev–Trinajstić information content (AvgIpc) is 2.62. The number of nitrogens with one attached hydrogen (secondary N) is 1. The van der Waals surface area contributed by atoms with E-state index in [1.54, 1.807) is 0 Å². The molecule has 0 saturated heterocycles. The molecule has 3 heteroatoms. The number of carbonyl (C=O) groups is 1. The van der Waals surface area contributed by atoms with Gasteiger partial charge in [-0.1, -0.05) is 43.3 Å². The van der Waals surface area contributed by atoms with E-state index in [0.717, 1.165) is 11.4 Å². The minimum Gasteiger partial charge on any atom is -0.383 e. The molecule has 0 fully saturated rings. The molecule has 0 bridgehead atoms. The van der Waals surface area contributed by atoms with Crippen LogP contribution in [0, 0.1) is 12.8 Å². The van der Waals surface area contributed by atoms with Crippen molar-refractivity contribution in [3.63, 3.8) is 0 Å². The number of aryl methyl sites for hydroxylation is 1. The maximum atomic E-state index is 12.7. The van der Waals surface area contributed by atoms with Gasteiger partial charge in [-0.3, -0.25) is 4.79 Å². The van der Waals surface area contributed by atoms with Crippen molar-refractivity contribution in [2.24, 2.45) is 5.92 Å². The molecular formula is C18H20N2O. The van der Waals surface area contributed by atoms with E-state index in [1.807, 2.05) is 48.2 Å². The van der Waals surface area contributed by atoms with E-state index in [-0.39, 0.29) is 11.8 Å². The Morgan fingerprint density at radius 2 is 1.86 bits per heavy atom. The molecule has 21 heavy (non-hydrogen) atoms. The van der Waals surface area contributed by atoms with Gasteiger partial charge < -0.3 is 10.2 Å². The number of rotatable bonds is 2. The van der Waals surface area contributed by atoms with Gasteiger partial charge in [-0.05, 0) is 30.2 Å². The molecule has 0 radical (unpaired) electrons. The highest BCUT2D eigenvalue weighted by atomic mass is 16.2. The molecule has 0 spiro atoms. The van der Waals surface area contributed by atoms with Crippen molar-refractivity contribution in [1.82, 2.24) is 0 Å². The Hall–Kier alpha value is -2.29. The van der Waals surface area contributed by atoms with E-state index in [9.17, 15) is 4.79 Å². The number of para-hydroxylation sites is 2. The summed E-state index contributed by atoms with van der Waals surface area (Å²) in [6, 6.07) is 16.3. The smallest absolute Gasteiger partial charge is 0.231 e. The van der Waals surface area contributed by atoms with Crippen LogP contribution >= 0.6 is 0 Å². The number of fused-ring (bicyclic) bond motifs is 1. The van der Waals surface area contributed by atoms with Crippen LogP contribution in [0.2, 0.25) is 0 Å². The zero-order chi connectivity index (χ0) is 14.8. The first-order valence-electron chi connectivity index (χ1n) is 7.35. The number of hydrogen-bond acceptors (Lipinski definition) is 2. The minimum absolute atomic E-state index is 0.0265. The Balaban J connectivity index is 2.01. The number of benzene rings is 2. The van der Waals surface area contributed by atoms with E-state index in [4.69, 9.17) is 0 Å². The molecule has 2 aromatic rings. The molecule has 1 N–H and O–H groups in total. The molecule has 1 heterocycles. The zero-order valence-corrected chi connectivity index (χ0v) is 12.5. The molecule has 108 valence electrons. The van der Waals surface area contributed by atoms with E-state index < -0.39 is 0 Å². The Morgan fingerprint density at radius 3 is 2.67 bits per heavy atom. The highest BCUT2D eigenvalue weighted by Crippen LogP contribution is 2.31. The number of anilines is 2. The topological polar surface area (TPSA) is 32.3 Å². The third kappa shape index (κ3) is 2.64. The van der Waals surface area contributed by atoms with Crippen molar-refractivity contribution in [3.8, 4) is 0 Å². The van der Waals surface area contributed by atoms with Gasteiger partial charge in [0, 0.05) is 6.54 Å². The fourth-order valence-corrected chi connectivity index (χ4v) is 2.71. The molecule has 0 aliphatic carbocycles. The van der Waals surface area contributed by atoms with Crippen molar-refractivity contribution >= 4 is 17.3 Å². The third-order valence-corrected chi connectivity index (χ3v) is 4.07. The van der Waals surface area contributed by atoms with Crippen LogP contribution in [0.4, 0.5) is 11.4 Å². The molecular weight excluding hydrogens is 260 g/mol. The summed E-state index contributed by atoms with van der Waals surface area (Å²) in [7, 11) is 0. The lowest BCUT2D eigenvalue weighted by Crippen LogP contribution is -2.35. The molecule has 1 amide bonds. The van der Waals surface area contributed by atoms with Crippen LogP contribution in [0.15, 0.2) is 48.5 Å². The first kappa shape index (κ1) is 13.7. The van der Waals surface area contributed by atoms with Crippen LogP contribution in [0.3, 0.4) is 0 Å². The van der Waals surface area contributed by atoms with Crippen LogP contribution in [-0.2, 0) is 11.3 Å². The van der Waals surface area contributed by atoms with Gasteiger partial charge in [0.1, 0.15) is 0 Å². The highest BCUT2D eigenvalue weighted by Gasteiger charge is 2.27. The fraction of sp³-hybridized carbons (Fsp3) is 0.278. The largest absolute Gasteiger partial charge is 0.383 e. The molecule has 1 aliphatic heterocycles.